The van der Waals surface area contributed by atoms with Crippen molar-refractivity contribution >= 4 is 28.3 Å². The highest BCUT2D eigenvalue weighted by atomic mass is 32.3. The Balaban J connectivity index is -0.000000291. The fourth-order valence-electron chi connectivity index (χ4n) is 0.955. The molecule has 0 rings (SSSR count). The van der Waals surface area contributed by atoms with Crippen LogP contribution in [0.2, 0.25) is 0 Å². The molecule has 13 N–H and O–H groups in total. The van der Waals surface area contributed by atoms with E-state index in [0.29, 0.717) is 19.5 Å². The maximum Gasteiger partial charge on any atom is 0.394 e. The fourth-order valence-corrected chi connectivity index (χ4v) is 0.955. The van der Waals surface area contributed by atoms with Crippen LogP contribution in [0.3, 0.4) is 0 Å². The third-order valence-corrected chi connectivity index (χ3v) is 1.83. The lowest BCUT2D eigenvalue weighted by Gasteiger charge is -2.00. The zero-order valence-electron chi connectivity index (χ0n) is 13.2. The summed E-state index contributed by atoms with van der Waals surface area (Å²) in [7, 11) is -4.67. The zero-order valence-corrected chi connectivity index (χ0v) is 14.0. The summed E-state index contributed by atoms with van der Waals surface area (Å²) in [5.74, 6) is -0.914. The molecule has 13 nitrogen and oxygen atoms in total. The molecule has 0 saturated heterocycles. The molecule has 0 fully saturated rings. The number of carbonyl (C=O) groups is 1. The van der Waals surface area contributed by atoms with Crippen molar-refractivity contribution in [3.8, 4) is 0 Å². The minimum Gasteiger partial charge on any atom is -0.481 e. The molecule has 0 radical (unpaired) electrons. The predicted molar refractivity (Wildman–Crippen MR) is 89.2 cm³/mol. The van der Waals surface area contributed by atoms with Crippen LogP contribution in [-0.4, -0.2) is 60.2 Å². The first-order valence-corrected chi connectivity index (χ1v) is 8.07. The van der Waals surface area contributed by atoms with Crippen molar-refractivity contribution in [1.82, 2.24) is 10.6 Å². The summed E-state index contributed by atoms with van der Waals surface area (Å²) in [4.78, 5) is 9.93. The van der Waals surface area contributed by atoms with Crippen LogP contribution in [-0.2, 0) is 15.2 Å². The highest BCUT2D eigenvalue weighted by molar-refractivity contribution is 7.79. The van der Waals surface area contributed by atoms with Gasteiger partial charge < -0.3 is 32.9 Å². The molecule has 0 heterocycles. The van der Waals surface area contributed by atoms with Crippen molar-refractivity contribution in [2.45, 2.75) is 25.7 Å². The largest absolute Gasteiger partial charge is 0.481 e. The number of aliphatic carboxylic acids is 1. The SMILES string of the molecule is N=C(N)NCCCC(=O)O.N=C(N)NCCCCN.O=S(=O)(O)O. The summed E-state index contributed by atoms with van der Waals surface area (Å²) in [6.45, 7) is 1.91. The average Bonchev–Trinajstić information content (AvgIpc) is 2.38. The van der Waals surface area contributed by atoms with Gasteiger partial charge in [-0.05, 0) is 25.8 Å². The quantitative estimate of drug-likeness (QED) is 0.0951. The lowest BCUT2D eigenvalue weighted by Crippen LogP contribution is -2.31. The van der Waals surface area contributed by atoms with Crippen molar-refractivity contribution in [3.63, 3.8) is 0 Å². The highest BCUT2D eigenvalue weighted by Crippen LogP contribution is 1.84. The van der Waals surface area contributed by atoms with E-state index in [0.717, 1.165) is 19.4 Å². The molecule has 0 aromatic heterocycles. The van der Waals surface area contributed by atoms with Gasteiger partial charge in [-0.1, -0.05) is 0 Å². The Bertz CT molecular complexity index is 433. The van der Waals surface area contributed by atoms with Gasteiger partial charge in [-0.3, -0.25) is 24.7 Å². The first-order chi connectivity index (χ1) is 10.9. The number of hydrogen-bond acceptors (Lipinski definition) is 6. The van der Waals surface area contributed by atoms with Crippen LogP contribution < -0.4 is 27.8 Å². The second-order valence-electron chi connectivity index (χ2n) is 4.12. The first-order valence-electron chi connectivity index (χ1n) is 6.67. The van der Waals surface area contributed by atoms with E-state index in [4.69, 9.17) is 50.6 Å². The molecule has 144 valence electrons. The molecule has 0 spiro atoms. The van der Waals surface area contributed by atoms with Crippen LogP contribution in [0, 0.1) is 10.8 Å². The van der Waals surface area contributed by atoms with Gasteiger partial charge in [-0.25, -0.2) is 0 Å². The molecule has 0 amide bonds. The Morgan fingerprint density at radius 3 is 1.62 bits per heavy atom. The van der Waals surface area contributed by atoms with Crippen LogP contribution in [0.15, 0.2) is 0 Å². The zero-order chi connectivity index (χ0) is 19.6. The van der Waals surface area contributed by atoms with Crippen molar-refractivity contribution in [3.05, 3.63) is 0 Å². The molecular formula is C10H27N7O6S. The number of unbranched alkanes of at least 4 members (excludes halogenated alkanes) is 1. The minimum atomic E-state index is -4.67. The lowest BCUT2D eigenvalue weighted by atomic mass is 10.3. The molecule has 0 saturated carbocycles. The lowest BCUT2D eigenvalue weighted by molar-refractivity contribution is -0.137. The molecule has 0 atom stereocenters. The Labute approximate surface area is 140 Å². The summed E-state index contributed by atoms with van der Waals surface area (Å²) < 4.78 is 31.6. The molecule has 0 aliphatic heterocycles. The summed E-state index contributed by atoms with van der Waals surface area (Å²) in [6.07, 6.45) is 2.57. The Morgan fingerprint density at radius 2 is 1.33 bits per heavy atom. The molecule has 0 unspecified atom stereocenters. The van der Waals surface area contributed by atoms with E-state index in [2.05, 4.69) is 10.6 Å². The molecular weight excluding hydrogens is 346 g/mol. The van der Waals surface area contributed by atoms with Gasteiger partial charge in [0, 0.05) is 19.5 Å². The summed E-state index contributed by atoms with van der Waals surface area (Å²) in [5, 5.41) is 26.8. The van der Waals surface area contributed by atoms with Gasteiger partial charge in [0.05, 0.1) is 0 Å². The number of carboxylic acid groups (broad SMARTS) is 1. The third-order valence-electron chi connectivity index (χ3n) is 1.83. The number of nitrogens with one attached hydrogen (secondary N) is 4. The predicted octanol–water partition coefficient (Wildman–Crippen LogP) is -2.11. The van der Waals surface area contributed by atoms with E-state index in [-0.39, 0.29) is 18.3 Å². The standard InChI is InChI=1S/C5H14N4.C5H11N3O2.H2O4S/c6-3-1-2-4-9-5(7)8;6-5(7)8-3-1-2-4(9)10;1-5(2,3)4/h1-4,6H2,(H4,7,8,9);1-3H2,(H,9,10)(H4,6,7,8);(H2,1,2,3,4). The van der Waals surface area contributed by atoms with E-state index in [1.807, 2.05) is 0 Å². The van der Waals surface area contributed by atoms with Gasteiger partial charge >= 0.3 is 16.4 Å². The van der Waals surface area contributed by atoms with Crippen molar-refractivity contribution in [2.75, 3.05) is 19.6 Å². The summed E-state index contributed by atoms with van der Waals surface area (Å²) in [5.41, 5.74) is 15.2. The second-order valence-corrected chi connectivity index (χ2v) is 5.02. The molecule has 24 heavy (non-hydrogen) atoms. The van der Waals surface area contributed by atoms with Gasteiger partial charge in [0.1, 0.15) is 0 Å². The number of hydrogen-bond donors (Lipinski definition) is 10. The third kappa shape index (κ3) is 59.9. The van der Waals surface area contributed by atoms with E-state index in [1.165, 1.54) is 0 Å². The first kappa shape index (κ1) is 26.7. The van der Waals surface area contributed by atoms with Gasteiger partial charge in [-0.15, -0.1) is 0 Å². The molecule has 0 aromatic rings. The molecule has 0 aliphatic carbocycles. The topological polar surface area (TPSA) is 262 Å². The summed E-state index contributed by atoms with van der Waals surface area (Å²) in [6, 6.07) is 0. The van der Waals surface area contributed by atoms with Crippen LogP contribution in [0.5, 0.6) is 0 Å². The fraction of sp³-hybridized carbons (Fsp3) is 0.700. The number of guanidine groups is 2. The molecule has 0 aliphatic rings. The Kier molecular flexibility index (Phi) is 19.1. The smallest absolute Gasteiger partial charge is 0.394 e. The van der Waals surface area contributed by atoms with E-state index < -0.39 is 16.4 Å². The van der Waals surface area contributed by atoms with Gasteiger partial charge in [0.25, 0.3) is 0 Å². The van der Waals surface area contributed by atoms with E-state index in [1.54, 1.807) is 0 Å². The maximum atomic E-state index is 9.93. The number of nitrogens with two attached hydrogens (primary N) is 3. The Hall–Kier alpha value is -2.16. The highest BCUT2D eigenvalue weighted by Gasteiger charge is 1.94. The van der Waals surface area contributed by atoms with Crippen LogP contribution >= 0.6 is 0 Å². The van der Waals surface area contributed by atoms with Crippen LogP contribution in [0.4, 0.5) is 0 Å². The van der Waals surface area contributed by atoms with Crippen molar-refractivity contribution < 1.29 is 27.4 Å². The number of carboxylic acids is 1. The van der Waals surface area contributed by atoms with E-state index >= 15 is 0 Å². The van der Waals surface area contributed by atoms with Crippen molar-refractivity contribution in [1.29, 1.82) is 10.8 Å². The van der Waals surface area contributed by atoms with Gasteiger partial charge in [0.2, 0.25) is 0 Å². The van der Waals surface area contributed by atoms with Gasteiger partial charge in [-0.2, -0.15) is 8.42 Å². The average molecular weight is 373 g/mol. The normalized spacial score (nSPS) is 9.46. The molecule has 14 heteroatoms. The Morgan fingerprint density at radius 1 is 0.958 bits per heavy atom. The van der Waals surface area contributed by atoms with Crippen molar-refractivity contribution in [2.24, 2.45) is 17.2 Å². The molecule has 0 aromatic carbocycles. The number of rotatable bonds is 8. The van der Waals surface area contributed by atoms with Gasteiger partial charge in [0.15, 0.2) is 11.9 Å². The van der Waals surface area contributed by atoms with E-state index in [9.17, 15) is 4.79 Å². The van der Waals surface area contributed by atoms with Crippen LogP contribution in [0.25, 0.3) is 0 Å². The monoisotopic (exact) mass is 373 g/mol. The summed E-state index contributed by atoms with van der Waals surface area (Å²) >= 11 is 0. The molecule has 0 bridgehead atoms. The second kappa shape index (κ2) is 17.2. The van der Waals surface area contributed by atoms with Crippen LogP contribution in [0.1, 0.15) is 25.7 Å². The maximum absolute atomic E-state index is 9.93. The minimum absolute atomic E-state index is 0.0343.